The highest BCUT2D eigenvalue weighted by atomic mass is 32.1. The molecule has 6 nitrogen and oxygen atoms in total. The van der Waals surface area contributed by atoms with Crippen LogP contribution in [0.25, 0.3) is 11.3 Å². The highest BCUT2D eigenvalue weighted by Gasteiger charge is 2.18. The fourth-order valence-electron chi connectivity index (χ4n) is 3.16. The number of hydrogen-bond donors (Lipinski definition) is 2. The first-order valence-corrected chi connectivity index (χ1v) is 10.3. The van der Waals surface area contributed by atoms with Gasteiger partial charge < -0.3 is 10.1 Å². The number of nitrogens with zero attached hydrogens (tertiary/aromatic N) is 1. The van der Waals surface area contributed by atoms with Crippen LogP contribution in [0, 0.1) is 6.92 Å². The number of rotatable bonds is 5. The van der Waals surface area contributed by atoms with Gasteiger partial charge in [0, 0.05) is 23.1 Å². The van der Waals surface area contributed by atoms with E-state index < -0.39 is 6.10 Å². The van der Waals surface area contributed by atoms with E-state index in [-0.39, 0.29) is 11.8 Å². The molecule has 0 fully saturated rings. The molecule has 0 bridgehead atoms. The van der Waals surface area contributed by atoms with Crippen molar-refractivity contribution in [3.05, 3.63) is 59.0 Å². The quantitative estimate of drug-likeness (QED) is 0.657. The zero-order valence-corrected chi connectivity index (χ0v) is 17.0. The highest BCUT2D eigenvalue weighted by molar-refractivity contribution is 7.14. The lowest BCUT2D eigenvalue weighted by Crippen LogP contribution is -2.30. The number of hydrogen-bond acceptors (Lipinski definition) is 5. The first-order valence-electron chi connectivity index (χ1n) is 9.41. The molecule has 0 saturated heterocycles. The van der Waals surface area contributed by atoms with Gasteiger partial charge in [0.25, 0.3) is 5.91 Å². The molecule has 0 saturated carbocycles. The molecule has 0 unspecified atom stereocenters. The molecule has 1 aliphatic rings. The number of thiazole rings is 1. The topological polar surface area (TPSA) is 80.3 Å². The smallest absolute Gasteiger partial charge is 0.266 e. The van der Waals surface area contributed by atoms with Crippen LogP contribution in [0.1, 0.15) is 24.5 Å². The summed E-state index contributed by atoms with van der Waals surface area (Å²) in [5, 5.41) is 8.13. The van der Waals surface area contributed by atoms with E-state index in [1.165, 1.54) is 11.3 Å². The number of fused-ring (bicyclic) bond motifs is 1. The minimum atomic E-state index is -0.642. The van der Waals surface area contributed by atoms with E-state index in [0.29, 0.717) is 17.3 Å². The average molecular weight is 407 g/mol. The van der Waals surface area contributed by atoms with Crippen LogP contribution in [-0.2, 0) is 16.0 Å². The second-order valence-electron chi connectivity index (χ2n) is 7.02. The number of aryl methyl sites for hydroxylation is 2. The first kappa shape index (κ1) is 19.1. The van der Waals surface area contributed by atoms with Crippen molar-refractivity contribution < 1.29 is 14.3 Å². The standard InChI is InChI=1S/C22H21N3O3S/c1-13-4-3-5-17(10-13)28-14(2)21(27)25-22-24-19(12-29-22)16-6-8-18-15(11-16)7-9-20(26)23-18/h3-6,8,10-12,14H,7,9H2,1-2H3,(H,23,26)(H,24,25,27)/t14-/m1/s1. The summed E-state index contributed by atoms with van der Waals surface area (Å²) in [6, 6.07) is 13.5. The number of ether oxygens (including phenoxy) is 1. The molecule has 7 heteroatoms. The van der Waals surface area contributed by atoms with Gasteiger partial charge in [-0.3, -0.25) is 14.9 Å². The first-order chi connectivity index (χ1) is 14.0. The number of benzene rings is 2. The third kappa shape index (κ3) is 4.46. The summed E-state index contributed by atoms with van der Waals surface area (Å²) in [7, 11) is 0. The fraction of sp³-hybridized carbons (Fsp3) is 0.227. The molecule has 2 amide bonds. The molecule has 4 rings (SSSR count). The summed E-state index contributed by atoms with van der Waals surface area (Å²) in [6.07, 6.45) is 0.570. The Bertz CT molecular complexity index is 1080. The lowest BCUT2D eigenvalue weighted by atomic mass is 9.99. The molecule has 148 valence electrons. The summed E-state index contributed by atoms with van der Waals surface area (Å²) in [4.78, 5) is 28.5. The van der Waals surface area contributed by atoms with E-state index >= 15 is 0 Å². The van der Waals surface area contributed by atoms with Crippen LogP contribution >= 0.6 is 11.3 Å². The van der Waals surface area contributed by atoms with Crippen LogP contribution in [0.3, 0.4) is 0 Å². The molecule has 1 aromatic heterocycles. The van der Waals surface area contributed by atoms with Gasteiger partial charge in [0.15, 0.2) is 11.2 Å². The maximum absolute atomic E-state index is 12.5. The van der Waals surface area contributed by atoms with Crippen LogP contribution < -0.4 is 15.4 Å². The SMILES string of the molecule is Cc1cccc(O[C@H](C)C(=O)Nc2nc(-c3ccc4c(c3)CCC(=O)N4)cs2)c1. The van der Waals surface area contributed by atoms with Crippen LogP contribution in [-0.4, -0.2) is 22.9 Å². The van der Waals surface area contributed by atoms with Gasteiger partial charge in [-0.15, -0.1) is 11.3 Å². The van der Waals surface area contributed by atoms with Gasteiger partial charge in [0.1, 0.15) is 5.75 Å². The molecule has 3 aromatic rings. The molecule has 2 heterocycles. The van der Waals surface area contributed by atoms with Crippen LogP contribution in [0.4, 0.5) is 10.8 Å². The maximum atomic E-state index is 12.5. The van der Waals surface area contributed by atoms with Crippen molar-refractivity contribution in [3.8, 4) is 17.0 Å². The Balaban J connectivity index is 1.42. The molecular formula is C22H21N3O3S. The summed E-state index contributed by atoms with van der Waals surface area (Å²) in [6.45, 7) is 3.69. The van der Waals surface area contributed by atoms with Crippen molar-refractivity contribution in [2.45, 2.75) is 32.8 Å². The van der Waals surface area contributed by atoms with Gasteiger partial charge in [-0.05, 0) is 55.7 Å². The minimum Gasteiger partial charge on any atom is -0.481 e. The van der Waals surface area contributed by atoms with E-state index in [1.807, 2.05) is 54.8 Å². The average Bonchev–Trinajstić information content (AvgIpc) is 3.16. The molecule has 0 radical (unpaired) electrons. The van der Waals surface area contributed by atoms with Crippen molar-refractivity contribution in [1.29, 1.82) is 0 Å². The van der Waals surface area contributed by atoms with Gasteiger partial charge in [-0.25, -0.2) is 4.98 Å². The summed E-state index contributed by atoms with van der Waals surface area (Å²) < 4.78 is 5.72. The van der Waals surface area contributed by atoms with E-state index in [4.69, 9.17) is 4.74 Å². The van der Waals surface area contributed by atoms with Crippen molar-refractivity contribution in [3.63, 3.8) is 0 Å². The minimum absolute atomic E-state index is 0.0471. The molecule has 1 atom stereocenters. The van der Waals surface area contributed by atoms with Crippen molar-refractivity contribution in [2.75, 3.05) is 10.6 Å². The maximum Gasteiger partial charge on any atom is 0.266 e. The Labute approximate surface area is 172 Å². The van der Waals surface area contributed by atoms with Gasteiger partial charge in [0.2, 0.25) is 5.91 Å². The number of carbonyl (C=O) groups is 2. The van der Waals surface area contributed by atoms with Gasteiger partial charge in [-0.1, -0.05) is 18.2 Å². The second-order valence-corrected chi connectivity index (χ2v) is 7.88. The molecule has 1 aliphatic heterocycles. The predicted molar refractivity (Wildman–Crippen MR) is 114 cm³/mol. The Morgan fingerprint density at radius 2 is 2.10 bits per heavy atom. The molecule has 29 heavy (non-hydrogen) atoms. The number of carbonyl (C=O) groups excluding carboxylic acids is 2. The largest absolute Gasteiger partial charge is 0.481 e. The van der Waals surface area contributed by atoms with E-state index in [1.54, 1.807) is 6.92 Å². The Kier molecular flexibility index (Phi) is 5.31. The van der Waals surface area contributed by atoms with Gasteiger partial charge >= 0.3 is 0 Å². The molecule has 2 aromatic carbocycles. The normalized spacial score (nSPS) is 13.9. The predicted octanol–water partition coefficient (Wildman–Crippen LogP) is 4.41. The Morgan fingerprint density at radius 1 is 1.24 bits per heavy atom. The lowest BCUT2D eigenvalue weighted by molar-refractivity contribution is -0.122. The Hall–Kier alpha value is -3.19. The highest BCUT2D eigenvalue weighted by Crippen LogP contribution is 2.30. The van der Waals surface area contributed by atoms with Crippen LogP contribution in [0.5, 0.6) is 5.75 Å². The summed E-state index contributed by atoms with van der Waals surface area (Å²) >= 11 is 1.37. The lowest BCUT2D eigenvalue weighted by Gasteiger charge is -2.17. The molecular weight excluding hydrogens is 386 g/mol. The second kappa shape index (κ2) is 8.05. The third-order valence-electron chi connectivity index (χ3n) is 4.70. The third-order valence-corrected chi connectivity index (χ3v) is 5.46. The molecule has 0 spiro atoms. The van der Waals surface area contributed by atoms with Gasteiger partial charge in [0.05, 0.1) is 5.69 Å². The molecule has 0 aliphatic carbocycles. The zero-order valence-electron chi connectivity index (χ0n) is 16.2. The van der Waals surface area contributed by atoms with Gasteiger partial charge in [-0.2, -0.15) is 0 Å². The van der Waals surface area contributed by atoms with Crippen LogP contribution in [0.15, 0.2) is 47.8 Å². The van der Waals surface area contributed by atoms with Crippen molar-refractivity contribution >= 4 is 34.0 Å². The Morgan fingerprint density at radius 3 is 2.93 bits per heavy atom. The summed E-state index contributed by atoms with van der Waals surface area (Å²) in [5.74, 6) is 0.458. The van der Waals surface area contributed by atoms with Crippen molar-refractivity contribution in [2.24, 2.45) is 0 Å². The molecule has 2 N–H and O–H groups in total. The fourth-order valence-corrected chi connectivity index (χ4v) is 3.88. The number of amides is 2. The number of aromatic nitrogens is 1. The monoisotopic (exact) mass is 407 g/mol. The van der Waals surface area contributed by atoms with E-state index in [0.717, 1.165) is 34.5 Å². The number of nitrogens with one attached hydrogen (secondary N) is 2. The van der Waals surface area contributed by atoms with Crippen LogP contribution in [0.2, 0.25) is 0 Å². The summed E-state index contributed by atoms with van der Waals surface area (Å²) in [5.41, 5.74) is 4.78. The zero-order chi connectivity index (χ0) is 20.4. The van der Waals surface area contributed by atoms with Crippen molar-refractivity contribution in [1.82, 2.24) is 4.98 Å². The number of anilines is 2. The van der Waals surface area contributed by atoms with E-state index in [9.17, 15) is 9.59 Å². The van der Waals surface area contributed by atoms with E-state index in [2.05, 4.69) is 15.6 Å².